The van der Waals surface area contributed by atoms with Crippen LogP contribution in [0, 0.1) is 13.8 Å². The highest BCUT2D eigenvalue weighted by atomic mass is 32.2. The van der Waals surface area contributed by atoms with Gasteiger partial charge in [0, 0.05) is 16.3 Å². The quantitative estimate of drug-likeness (QED) is 0.635. The van der Waals surface area contributed by atoms with Crippen molar-refractivity contribution in [1.29, 1.82) is 0 Å². The van der Waals surface area contributed by atoms with Crippen molar-refractivity contribution in [1.82, 2.24) is 0 Å². The molecule has 3 N–H and O–H groups in total. The Hall–Kier alpha value is -1.94. The van der Waals surface area contributed by atoms with Crippen LogP contribution < -0.4 is 11.1 Å². The Morgan fingerprint density at radius 1 is 1.14 bits per heavy atom. The van der Waals surface area contributed by atoms with Gasteiger partial charge in [-0.15, -0.1) is 11.8 Å². The summed E-state index contributed by atoms with van der Waals surface area (Å²) in [7, 11) is 0. The molecule has 116 valence electrons. The van der Waals surface area contributed by atoms with E-state index in [1.165, 1.54) is 0 Å². The second kappa shape index (κ2) is 7.36. The lowest BCUT2D eigenvalue weighted by atomic mass is 10.1. The second-order valence-electron chi connectivity index (χ2n) is 5.45. The van der Waals surface area contributed by atoms with Gasteiger partial charge in [-0.2, -0.15) is 0 Å². The molecule has 0 aromatic heterocycles. The zero-order valence-electron chi connectivity index (χ0n) is 13.2. The number of aryl methyl sites for hydroxylation is 2. The van der Waals surface area contributed by atoms with E-state index in [0.29, 0.717) is 0 Å². The third-order valence-electron chi connectivity index (χ3n) is 3.31. The number of nitrogen functional groups attached to an aromatic ring is 1. The van der Waals surface area contributed by atoms with Gasteiger partial charge in [0.25, 0.3) is 0 Å². The van der Waals surface area contributed by atoms with E-state index in [2.05, 4.69) is 11.4 Å². The van der Waals surface area contributed by atoms with Crippen LogP contribution in [0.3, 0.4) is 0 Å². The highest BCUT2D eigenvalue weighted by molar-refractivity contribution is 8.00. The number of carbonyl (C=O) groups excluding carboxylic acids is 1. The van der Waals surface area contributed by atoms with Gasteiger partial charge >= 0.3 is 0 Å². The zero-order valence-corrected chi connectivity index (χ0v) is 14.0. The zero-order chi connectivity index (χ0) is 16.1. The van der Waals surface area contributed by atoms with E-state index in [-0.39, 0.29) is 11.2 Å². The van der Waals surface area contributed by atoms with Gasteiger partial charge in [0.15, 0.2) is 0 Å². The van der Waals surface area contributed by atoms with E-state index >= 15 is 0 Å². The summed E-state index contributed by atoms with van der Waals surface area (Å²) in [5.41, 5.74) is 9.58. The van der Waals surface area contributed by atoms with E-state index in [4.69, 9.17) is 5.73 Å². The predicted molar refractivity (Wildman–Crippen MR) is 95.3 cm³/mol. The number of hydrogen-bond acceptors (Lipinski definition) is 3. The number of anilines is 2. The van der Waals surface area contributed by atoms with Gasteiger partial charge in [-0.1, -0.05) is 13.0 Å². The average Bonchev–Trinajstić information content (AvgIpc) is 2.45. The largest absolute Gasteiger partial charge is 0.399 e. The van der Waals surface area contributed by atoms with Crippen LogP contribution in [0.25, 0.3) is 0 Å². The average molecular weight is 314 g/mol. The molecule has 0 radical (unpaired) electrons. The number of hydrogen-bond donors (Lipinski definition) is 2. The van der Waals surface area contributed by atoms with Crippen LogP contribution in [-0.2, 0) is 4.79 Å². The number of carbonyl (C=O) groups is 1. The minimum Gasteiger partial charge on any atom is -0.399 e. The van der Waals surface area contributed by atoms with E-state index in [1.54, 1.807) is 11.8 Å². The molecule has 2 rings (SSSR count). The summed E-state index contributed by atoms with van der Waals surface area (Å²) >= 11 is 1.57. The third kappa shape index (κ3) is 4.53. The summed E-state index contributed by atoms with van der Waals surface area (Å²) in [4.78, 5) is 13.5. The smallest absolute Gasteiger partial charge is 0.237 e. The van der Waals surface area contributed by atoms with Crippen molar-refractivity contribution in [2.45, 2.75) is 37.3 Å². The highest BCUT2D eigenvalue weighted by Gasteiger charge is 2.18. The van der Waals surface area contributed by atoms with E-state index in [0.717, 1.165) is 33.8 Å². The van der Waals surface area contributed by atoms with Crippen molar-refractivity contribution in [2.75, 3.05) is 11.1 Å². The van der Waals surface area contributed by atoms with Crippen molar-refractivity contribution in [3.63, 3.8) is 0 Å². The first-order valence-corrected chi connectivity index (χ1v) is 8.27. The predicted octanol–water partition coefficient (Wildman–Crippen LogP) is 4.40. The Morgan fingerprint density at radius 3 is 2.27 bits per heavy atom. The topological polar surface area (TPSA) is 55.1 Å². The summed E-state index contributed by atoms with van der Waals surface area (Å²) in [6, 6.07) is 13.7. The minimum atomic E-state index is -0.121. The summed E-state index contributed by atoms with van der Waals surface area (Å²) < 4.78 is 0. The normalized spacial score (nSPS) is 12.0. The maximum absolute atomic E-state index is 12.5. The van der Waals surface area contributed by atoms with Crippen molar-refractivity contribution in [2.24, 2.45) is 0 Å². The van der Waals surface area contributed by atoms with Gasteiger partial charge in [0.05, 0.1) is 5.25 Å². The molecule has 0 aliphatic carbocycles. The number of amides is 1. The fraction of sp³-hybridized carbons (Fsp3) is 0.278. The van der Waals surface area contributed by atoms with Gasteiger partial charge in [-0.25, -0.2) is 0 Å². The van der Waals surface area contributed by atoms with E-state index in [9.17, 15) is 4.79 Å². The summed E-state index contributed by atoms with van der Waals surface area (Å²) in [6.07, 6.45) is 0.770. The molecule has 0 spiro atoms. The Labute approximate surface area is 136 Å². The molecule has 0 saturated carbocycles. The molecule has 0 aliphatic rings. The van der Waals surface area contributed by atoms with Crippen LogP contribution >= 0.6 is 11.8 Å². The van der Waals surface area contributed by atoms with Crippen molar-refractivity contribution in [3.05, 3.63) is 53.6 Å². The Morgan fingerprint density at radius 2 is 1.73 bits per heavy atom. The minimum absolute atomic E-state index is 0.0364. The molecule has 2 aromatic carbocycles. The molecule has 22 heavy (non-hydrogen) atoms. The van der Waals surface area contributed by atoms with Crippen LogP contribution in [0.5, 0.6) is 0 Å². The van der Waals surface area contributed by atoms with Crippen molar-refractivity contribution in [3.8, 4) is 0 Å². The van der Waals surface area contributed by atoms with Crippen LogP contribution in [0.15, 0.2) is 47.4 Å². The number of nitrogens with one attached hydrogen (secondary N) is 1. The molecule has 3 nitrogen and oxygen atoms in total. The number of thioether (sulfide) groups is 1. The first-order valence-electron chi connectivity index (χ1n) is 7.39. The molecular formula is C18H22N2OS. The van der Waals surface area contributed by atoms with Crippen molar-refractivity contribution >= 4 is 29.0 Å². The standard InChI is InChI=1S/C18H22N2OS/c1-4-17(22-16-7-5-14(19)6-8-16)18(21)20-15-10-12(2)9-13(3)11-15/h5-11,17H,4,19H2,1-3H3,(H,20,21). The van der Waals surface area contributed by atoms with Gasteiger partial charge < -0.3 is 11.1 Å². The van der Waals surface area contributed by atoms with Crippen LogP contribution in [0.4, 0.5) is 11.4 Å². The molecule has 0 aliphatic heterocycles. The lowest BCUT2D eigenvalue weighted by Crippen LogP contribution is -2.24. The SMILES string of the molecule is CCC(Sc1ccc(N)cc1)C(=O)Nc1cc(C)cc(C)c1. The third-order valence-corrected chi connectivity index (χ3v) is 4.69. The molecule has 0 bridgehead atoms. The van der Waals surface area contributed by atoms with Gasteiger partial charge in [-0.3, -0.25) is 4.79 Å². The fourth-order valence-corrected chi connectivity index (χ4v) is 3.26. The molecule has 0 saturated heterocycles. The summed E-state index contributed by atoms with van der Waals surface area (Å²) in [5, 5.41) is 2.90. The van der Waals surface area contributed by atoms with Crippen LogP contribution in [-0.4, -0.2) is 11.2 Å². The Balaban J connectivity index is 2.06. The molecule has 1 atom stereocenters. The van der Waals surface area contributed by atoms with E-state index in [1.807, 2.05) is 57.2 Å². The molecule has 1 unspecified atom stereocenters. The van der Waals surface area contributed by atoms with Crippen LogP contribution in [0.1, 0.15) is 24.5 Å². The lowest BCUT2D eigenvalue weighted by molar-refractivity contribution is -0.115. The molecular weight excluding hydrogens is 292 g/mol. The van der Waals surface area contributed by atoms with Gasteiger partial charge in [0.2, 0.25) is 5.91 Å². The van der Waals surface area contributed by atoms with Gasteiger partial charge in [0.1, 0.15) is 0 Å². The van der Waals surface area contributed by atoms with Crippen LogP contribution in [0.2, 0.25) is 0 Å². The first-order chi connectivity index (χ1) is 10.5. The second-order valence-corrected chi connectivity index (χ2v) is 6.73. The summed E-state index contributed by atoms with van der Waals surface area (Å²) in [6.45, 7) is 6.09. The Bertz CT molecular complexity index is 632. The highest BCUT2D eigenvalue weighted by Crippen LogP contribution is 2.27. The number of rotatable bonds is 5. The molecule has 2 aromatic rings. The Kier molecular flexibility index (Phi) is 5.50. The number of benzene rings is 2. The molecule has 0 heterocycles. The maximum Gasteiger partial charge on any atom is 0.237 e. The first kappa shape index (κ1) is 16.4. The number of nitrogens with two attached hydrogens (primary N) is 1. The van der Waals surface area contributed by atoms with E-state index < -0.39 is 0 Å². The molecule has 1 amide bonds. The monoisotopic (exact) mass is 314 g/mol. The molecule has 4 heteroatoms. The summed E-state index contributed by atoms with van der Waals surface area (Å²) in [5.74, 6) is 0.0364. The van der Waals surface area contributed by atoms with Gasteiger partial charge in [-0.05, 0) is 67.8 Å². The van der Waals surface area contributed by atoms with Crippen molar-refractivity contribution < 1.29 is 4.79 Å². The fourth-order valence-electron chi connectivity index (χ4n) is 2.30. The molecule has 0 fully saturated rings. The maximum atomic E-state index is 12.5. The lowest BCUT2D eigenvalue weighted by Gasteiger charge is -2.15.